The Morgan fingerprint density at radius 1 is 1.19 bits per heavy atom. The summed E-state index contributed by atoms with van der Waals surface area (Å²) in [7, 11) is 0. The third-order valence-electron chi connectivity index (χ3n) is 2.75. The highest BCUT2D eigenvalue weighted by Crippen LogP contribution is 2.39. The first-order valence-corrected chi connectivity index (χ1v) is 5.75. The highest BCUT2D eigenvalue weighted by Gasteiger charge is 2.44. The van der Waals surface area contributed by atoms with Gasteiger partial charge in [-0.2, -0.15) is 26.3 Å². The molecule has 0 aliphatic carbocycles. The largest absolute Gasteiger partial charge is 0.419 e. The van der Waals surface area contributed by atoms with Crippen molar-refractivity contribution < 1.29 is 40.2 Å². The maximum absolute atomic E-state index is 13.1. The van der Waals surface area contributed by atoms with E-state index in [0.29, 0.717) is 12.1 Å². The van der Waals surface area contributed by atoms with E-state index in [1.807, 2.05) is 0 Å². The van der Waals surface area contributed by atoms with Crippen molar-refractivity contribution in [2.24, 2.45) is 0 Å². The van der Waals surface area contributed by atoms with Gasteiger partial charge in [-0.1, -0.05) is 6.07 Å². The van der Waals surface area contributed by atoms with Crippen LogP contribution in [-0.2, 0) is 15.7 Å². The number of hydrogen-bond donors (Lipinski definition) is 0. The Labute approximate surface area is 114 Å². The summed E-state index contributed by atoms with van der Waals surface area (Å²) in [4.78, 5) is 0. The molecule has 0 N–H and O–H groups in total. The number of hydrogen-bond acceptors (Lipinski definition) is 2. The minimum atomic E-state index is -5.09. The Hall–Kier alpha value is -1.35. The molecule has 1 aromatic carbocycles. The minimum Gasteiger partial charge on any atom is -0.371 e. The molecule has 0 saturated carbocycles. The number of benzene rings is 1. The van der Waals surface area contributed by atoms with Crippen LogP contribution in [0.3, 0.4) is 0 Å². The third-order valence-corrected chi connectivity index (χ3v) is 2.75. The van der Waals surface area contributed by atoms with Crippen LogP contribution in [0.5, 0.6) is 0 Å². The summed E-state index contributed by atoms with van der Waals surface area (Å²) < 4.78 is 98.5. The van der Waals surface area contributed by atoms with Crippen molar-refractivity contribution >= 4 is 0 Å². The number of alkyl halides is 6. The maximum Gasteiger partial charge on any atom is 0.419 e. The molecule has 1 aliphatic rings. The minimum absolute atomic E-state index is 0.112. The molecule has 2 rings (SSSR count). The quantitative estimate of drug-likeness (QED) is 0.621. The summed E-state index contributed by atoms with van der Waals surface area (Å²) in [5.41, 5.74) is -2.57. The summed E-state index contributed by atoms with van der Waals surface area (Å²) in [5.74, 6) is -1.64. The Bertz CT molecular complexity index is 505. The van der Waals surface area contributed by atoms with Crippen LogP contribution in [0.25, 0.3) is 0 Å². The summed E-state index contributed by atoms with van der Waals surface area (Å²) in [6, 6.07) is 1.08. The number of halogens is 7. The van der Waals surface area contributed by atoms with Crippen molar-refractivity contribution in [1.29, 1.82) is 0 Å². The molecule has 1 aliphatic heterocycles. The normalized spacial score (nSPS) is 20.4. The van der Waals surface area contributed by atoms with Crippen molar-refractivity contribution in [2.45, 2.75) is 24.6 Å². The monoisotopic (exact) mass is 318 g/mol. The van der Waals surface area contributed by atoms with Gasteiger partial charge >= 0.3 is 12.4 Å². The maximum atomic E-state index is 13.1. The molecule has 1 fully saturated rings. The Morgan fingerprint density at radius 2 is 1.81 bits per heavy atom. The van der Waals surface area contributed by atoms with E-state index in [0.717, 1.165) is 0 Å². The van der Waals surface area contributed by atoms with Gasteiger partial charge in [0, 0.05) is 0 Å². The summed E-state index contributed by atoms with van der Waals surface area (Å²) in [6.45, 7) is -0.162. The van der Waals surface area contributed by atoms with Crippen LogP contribution in [0, 0.1) is 5.82 Å². The van der Waals surface area contributed by atoms with Gasteiger partial charge in [-0.05, 0) is 17.7 Å². The first-order chi connectivity index (χ1) is 9.59. The zero-order chi connectivity index (χ0) is 15.8. The van der Waals surface area contributed by atoms with Crippen LogP contribution in [-0.4, -0.2) is 25.5 Å². The topological polar surface area (TPSA) is 21.8 Å². The second kappa shape index (κ2) is 5.45. The number of ether oxygens (including phenoxy) is 2. The van der Waals surface area contributed by atoms with Gasteiger partial charge in [0.25, 0.3) is 0 Å². The van der Waals surface area contributed by atoms with E-state index in [-0.39, 0.29) is 12.7 Å². The van der Waals surface area contributed by atoms with Crippen molar-refractivity contribution in [1.82, 2.24) is 0 Å². The molecule has 0 bridgehead atoms. The highest BCUT2D eigenvalue weighted by molar-refractivity contribution is 5.29. The smallest absolute Gasteiger partial charge is 0.371 e. The van der Waals surface area contributed by atoms with Gasteiger partial charge < -0.3 is 9.47 Å². The van der Waals surface area contributed by atoms with Crippen LogP contribution < -0.4 is 0 Å². The van der Waals surface area contributed by atoms with E-state index in [9.17, 15) is 30.7 Å². The van der Waals surface area contributed by atoms with Gasteiger partial charge in [0.2, 0.25) is 0 Å². The molecule has 0 aromatic heterocycles. The third kappa shape index (κ3) is 4.07. The lowest BCUT2D eigenvalue weighted by molar-refractivity contribution is -0.225. The van der Waals surface area contributed by atoms with Gasteiger partial charge in [-0.3, -0.25) is 0 Å². The Balaban J connectivity index is 2.30. The van der Waals surface area contributed by atoms with Gasteiger partial charge in [0.15, 0.2) is 6.10 Å². The predicted octanol–water partition coefficient (Wildman–Crippen LogP) is 3.86. The van der Waals surface area contributed by atoms with Crippen molar-refractivity contribution in [2.75, 3.05) is 13.2 Å². The van der Waals surface area contributed by atoms with Gasteiger partial charge in [-0.25, -0.2) is 4.39 Å². The molecule has 1 heterocycles. The average Bonchev–Trinajstić information content (AvgIpc) is 3.12. The molecule has 118 valence electrons. The zero-order valence-corrected chi connectivity index (χ0v) is 10.3. The predicted molar refractivity (Wildman–Crippen MR) is 55.9 cm³/mol. The second-order valence-corrected chi connectivity index (χ2v) is 4.45. The van der Waals surface area contributed by atoms with Crippen LogP contribution in [0.15, 0.2) is 18.2 Å². The molecule has 9 heteroatoms. The van der Waals surface area contributed by atoms with E-state index in [2.05, 4.69) is 9.47 Å². The summed E-state index contributed by atoms with van der Waals surface area (Å²) in [5, 5.41) is 0. The van der Waals surface area contributed by atoms with E-state index < -0.39 is 48.1 Å². The fourth-order valence-electron chi connectivity index (χ4n) is 1.67. The summed E-state index contributed by atoms with van der Waals surface area (Å²) in [6.07, 6.45) is -13.1. The van der Waals surface area contributed by atoms with Crippen LogP contribution >= 0.6 is 0 Å². The number of rotatable bonds is 4. The molecule has 0 amide bonds. The van der Waals surface area contributed by atoms with E-state index >= 15 is 0 Å². The highest BCUT2D eigenvalue weighted by atomic mass is 19.4. The lowest BCUT2D eigenvalue weighted by Crippen LogP contribution is -2.25. The van der Waals surface area contributed by atoms with Crippen molar-refractivity contribution in [3.63, 3.8) is 0 Å². The zero-order valence-electron chi connectivity index (χ0n) is 10.3. The average molecular weight is 318 g/mol. The van der Waals surface area contributed by atoms with Gasteiger partial charge in [-0.15, -0.1) is 0 Å². The second-order valence-electron chi connectivity index (χ2n) is 4.45. The Morgan fingerprint density at radius 3 is 2.29 bits per heavy atom. The molecule has 1 saturated heterocycles. The molecule has 1 aromatic rings. The first kappa shape index (κ1) is 16.0. The van der Waals surface area contributed by atoms with Crippen LogP contribution in [0.1, 0.15) is 17.2 Å². The lowest BCUT2D eigenvalue weighted by atomic mass is 10.0. The fraction of sp³-hybridized carbons (Fsp3) is 0.500. The molecular weight excluding hydrogens is 309 g/mol. The molecular formula is C12H9F7O2. The van der Waals surface area contributed by atoms with Crippen LogP contribution in [0.2, 0.25) is 0 Å². The fourth-order valence-corrected chi connectivity index (χ4v) is 1.67. The van der Waals surface area contributed by atoms with Crippen LogP contribution in [0.4, 0.5) is 30.7 Å². The molecule has 21 heavy (non-hydrogen) atoms. The Kier molecular flexibility index (Phi) is 4.16. The van der Waals surface area contributed by atoms with Gasteiger partial charge in [0.05, 0.1) is 18.8 Å². The molecule has 2 atom stereocenters. The lowest BCUT2D eigenvalue weighted by Gasteiger charge is -2.22. The molecule has 0 spiro atoms. The first-order valence-electron chi connectivity index (χ1n) is 5.75. The van der Waals surface area contributed by atoms with E-state index in [1.54, 1.807) is 0 Å². The standard InChI is InChI=1S/C12H9F7O2/c13-9-2-1-6(3-8(9)11(14,15)16)10(12(17,18)19)21-5-7-4-20-7/h1-3,7,10H,4-5H2/t7-,10+/m1/s1. The van der Waals surface area contributed by atoms with Crippen molar-refractivity contribution in [3.8, 4) is 0 Å². The molecule has 2 nitrogen and oxygen atoms in total. The molecule has 0 unspecified atom stereocenters. The van der Waals surface area contributed by atoms with Crippen molar-refractivity contribution in [3.05, 3.63) is 35.1 Å². The van der Waals surface area contributed by atoms with Gasteiger partial charge in [0.1, 0.15) is 11.9 Å². The SMILES string of the molecule is Fc1ccc([C@H](OC[C@H]2CO2)C(F)(F)F)cc1C(F)(F)F. The molecule has 0 radical (unpaired) electrons. The van der Waals surface area contributed by atoms with E-state index in [4.69, 9.17) is 0 Å². The number of epoxide rings is 1. The van der Waals surface area contributed by atoms with E-state index in [1.165, 1.54) is 0 Å². The summed E-state index contributed by atoms with van der Waals surface area (Å²) >= 11 is 0.